The molecule has 0 aliphatic heterocycles. The maximum atomic E-state index is 8.49. The molecule has 16 heavy (non-hydrogen) atoms. The molecule has 3 heteroatoms. The van der Waals surface area contributed by atoms with Gasteiger partial charge in [0, 0.05) is 17.3 Å². The minimum absolute atomic E-state index is 0.123. The molecule has 0 amide bonds. The van der Waals surface area contributed by atoms with E-state index in [4.69, 9.17) is 5.53 Å². The van der Waals surface area contributed by atoms with E-state index in [0.29, 0.717) is 5.92 Å². The van der Waals surface area contributed by atoms with Crippen molar-refractivity contribution in [3.05, 3.63) is 10.4 Å². The minimum atomic E-state index is 0.123. The van der Waals surface area contributed by atoms with E-state index in [0.717, 1.165) is 19.3 Å². The Kier molecular flexibility index (Phi) is 6.53. The van der Waals surface area contributed by atoms with Gasteiger partial charge in [0.25, 0.3) is 0 Å². The molecule has 1 aliphatic carbocycles. The average molecular weight is 219 g/mol. The smallest absolute Gasteiger partial charge is 0.0511 e. The molecule has 1 aliphatic rings. The van der Waals surface area contributed by atoms with Crippen molar-refractivity contribution < 1.29 is 0 Å². The lowest BCUT2D eigenvalue weighted by molar-refractivity contribution is 0.371. The Balaban J connectivity index is 2.39. The fraction of sp³-hybridized carbons (Fsp3) is 0.846. The van der Waals surface area contributed by atoms with E-state index in [9.17, 15) is 0 Å². The molecule has 0 radical (unpaired) electrons. The summed E-state index contributed by atoms with van der Waals surface area (Å²) in [7, 11) is 0. The zero-order chi connectivity index (χ0) is 11.6. The molecule has 2 atom stereocenters. The Labute approximate surface area is 98.2 Å². The minimum Gasteiger partial charge on any atom is -0.103 e. The molecule has 1 fully saturated rings. The molecule has 88 valence electrons. The Hall–Kier alpha value is -1.13. The zero-order valence-corrected chi connectivity index (χ0v) is 10.2. The van der Waals surface area contributed by atoms with Crippen molar-refractivity contribution in [2.24, 2.45) is 11.0 Å². The quantitative estimate of drug-likeness (QED) is 0.221. The van der Waals surface area contributed by atoms with Gasteiger partial charge in [0.15, 0.2) is 0 Å². The van der Waals surface area contributed by atoms with Crippen LogP contribution >= 0.6 is 0 Å². The normalized spacial score (nSPS) is 24.1. The van der Waals surface area contributed by atoms with Crippen LogP contribution < -0.4 is 0 Å². The molecule has 0 aromatic rings. The molecular weight excluding hydrogens is 198 g/mol. The summed E-state index contributed by atoms with van der Waals surface area (Å²) in [5.41, 5.74) is 8.49. The van der Waals surface area contributed by atoms with Gasteiger partial charge < -0.3 is 0 Å². The second kappa shape index (κ2) is 8.07. The molecule has 1 saturated carbocycles. The number of rotatable bonds is 4. The summed E-state index contributed by atoms with van der Waals surface area (Å²) in [6.45, 7) is 2.20. The summed E-state index contributed by atoms with van der Waals surface area (Å²) in [5.74, 6) is 6.86. The van der Waals surface area contributed by atoms with Crippen LogP contribution in [0, 0.1) is 17.8 Å². The number of unbranched alkanes of at least 4 members (excludes halogenated alkanes) is 3. The van der Waals surface area contributed by atoms with Gasteiger partial charge in [-0.2, -0.15) is 0 Å². The highest BCUT2D eigenvalue weighted by Gasteiger charge is 2.21. The molecule has 0 unspecified atom stereocenters. The van der Waals surface area contributed by atoms with Crippen LogP contribution in [0.4, 0.5) is 0 Å². The molecule has 0 heterocycles. The van der Waals surface area contributed by atoms with Crippen molar-refractivity contribution in [3.63, 3.8) is 0 Å². The van der Waals surface area contributed by atoms with Crippen LogP contribution in [-0.2, 0) is 0 Å². The molecule has 3 nitrogen and oxygen atoms in total. The summed E-state index contributed by atoms with van der Waals surface area (Å²) in [6.07, 6.45) is 9.22. The lowest BCUT2D eigenvalue weighted by atomic mass is 9.85. The van der Waals surface area contributed by atoms with Gasteiger partial charge in [-0.05, 0) is 24.8 Å². The van der Waals surface area contributed by atoms with Crippen molar-refractivity contribution >= 4 is 0 Å². The first-order chi connectivity index (χ1) is 7.88. The summed E-state index contributed by atoms with van der Waals surface area (Å²) in [6, 6.07) is 0.123. The van der Waals surface area contributed by atoms with Crippen LogP contribution in [0.3, 0.4) is 0 Å². The van der Waals surface area contributed by atoms with E-state index in [1.807, 2.05) is 0 Å². The predicted octanol–water partition coefficient (Wildman–Crippen LogP) is 4.44. The highest BCUT2D eigenvalue weighted by atomic mass is 15.1. The van der Waals surface area contributed by atoms with Crippen molar-refractivity contribution in [1.29, 1.82) is 0 Å². The topological polar surface area (TPSA) is 48.8 Å². The Bertz CT molecular complexity index is 294. The maximum Gasteiger partial charge on any atom is 0.0511 e. The van der Waals surface area contributed by atoms with Crippen LogP contribution in [0.1, 0.15) is 58.3 Å². The van der Waals surface area contributed by atoms with E-state index < -0.39 is 0 Å². The maximum absolute atomic E-state index is 8.49. The molecule has 0 saturated heterocycles. The third kappa shape index (κ3) is 4.59. The largest absolute Gasteiger partial charge is 0.103 e. The Morgan fingerprint density at radius 1 is 1.31 bits per heavy atom. The standard InChI is InChI=1S/C13H21N3/c1-2-3-4-5-6-9-12-10-7-8-11-13(12)15-16-14/h12-13H,2-5,7-8,10-11H2,1H3/t12-,13+/m1/s1. The molecule has 0 N–H and O–H groups in total. The summed E-state index contributed by atoms with van der Waals surface area (Å²) >= 11 is 0. The highest BCUT2D eigenvalue weighted by Crippen LogP contribution is 2.26. The summed E-state index contributed by atoms with van der Waals surface area (Å²) < 4.78 is 0. The lowest BCUT2D eigenvalue weighted by Crippen LogP contribution is -2.21. The van der Waals surface area contributed by atoms with Crippen LogP contribution in [-0.4, -0.2) is 6.04 Å². The van der Waals surface area contributed by atoms with Crippen molar-refractivity contribution in [1.82, 2.24) is 0 Å². The summed E-state index contributed by atoms with van der Waals surface area (Å²) in [4.78, 5) is 2.92. The van der Waals surface area contributed by atoms with Gasteiger partial charge in [-0.1, -0.05) is 43.6 Å². The van der Waals surface area contributed by atoms with E-state index in [1.54, 1.807) is 0 Å². The zero-order valence-electron chi connectivity index (χ0n) is 10.2. The van der Waals surface area contributed by atoms with E-state index >= 15 is 0 Å². The van der Waals surface area contributed by atoms with Crippen LogP contribution in [0.25, 0.3) is 10.4 Å². The van der Waals surface area contributed by atoms with Gasteiger partial charge in [0.2, 0.25) is 0 Å². The van der Waals surface area contributed by atoms with Crippen molar-refractivity contribution in [2.75, 3.05) is 0 Å². The van der Waals surface area contributed by atoms with Gasteiger partial charge in [-0.15, -0.1) is 5.92 Å². The molecule has 0 aromatic carbocycles. The van der Waals surface area contributed by atoms with Crippen LogP contribution in [0.15, 0.2) is 5.11 Å². The predicted molar refractivity (Wildman–Crippen MR) is 66.8 cm³/mol. The monoisotopic (exact) mass is 219 g/mol. The summed E-state index contributed by atoms with van der Waals surface area (Å²) in [5, 5.41) is 3.86. The molecular formula is C13H21N3. The average Bonchev–Trinajstić information content (AvgIpc) is 2.31. The first-order valence-electron chi connectivity index (χ1n) is 6.41. The number of hydrogen-bond acceptors (Lipinski definition) is 1. The van der Waals surface area contributed by atoms with Crippen LogP contribution in [0.2, 0.25) is 0 Å². The highest BCUT2D eigenvalue weighted by molar-refractivity contribution is 5.08. The fourth-order valence-electron chi connectivity index (χ4n) is 2.15. The lowest BCUT2D eigenvalue weighted by Gasteiger charge is -2.23. The van der Waals surface area contributed by atoms with Gasteiger partial charge in [-0.3, -0.25) is 0 Å². The van der Waals surface area contributed by atoms with Crippen molar-refractivity contribution in [2.45, 2.75) is 64.3 Å². The van der Waals surface area contributed by atoms with Crippen LogP contribution in [0.5, 0.6) is 0 Å². The molecule has 0 aromatic heterocycles. The third-order valence-corrected chi connectivity index (χ3v) is 3.12. The second-order valence-electron chi connectivity index (χ2n) is 4.44. The number of azide groups is 1. The van der Waals surface area contributed by atoms with E-state index in [-0.39, 0.29) is 6.04 Å². The number of hydrogen-bond donors (Lipinski definition) is 0. The van der Waals surface area contributed by atoms with E-state index in [1.165, 1.54) is 32.1 Å². The molecule has 1 rings (SSSR count). The fourth-order valence-corrected chi connectivity index (χ4v) is 2.15. The van der Waals surface area contributed by atoms with Gasteiger partial charge in [0.1, 0.15) is 0 Å². The van der Waals surface area contributed by atoms with Gasteiger partial charge in [-0.25, -0.2) is 0 Å². The van der Waals surface area contributed by atoms with Gasteiger partial charge >= 0.3 is 0 Å². The molecule has 0 bridgehead atoms. The molecule has 0 spiro atoms. The second-order valence-corrected chi connectivity index (χ2v) is 4.44. The van der Waals surface area contributed by atoms with E-state index in [2.05, 4.69) is 28.8 Å². The number of nitrogens with zero attached hydrogens (tertiary/aromatic N) is 3. The first kappa shape index (κ1) is 12.9. The first-order valence-corrected chi connectivity index (χ1v) is 6.41. The van der Waals surface area contributed by atoms with Crippen molar-refractivity contribution in [3.8, 4) is 11.8 Å². The SMILES string of the molecule is CCCCCC#C[C@@H]1CCCC[C@@H]1N=[N+]=[N-]. The third-order valence-electron chi connectivity index (χ3n) is 3.12. The Morgan fingerprint density at radius 2 is 2.12 bits per heavy atom. The van der Waals surface area contributed by atoms with Gasteiger partial charge in [0.05, 0.1) is 6.04 Å². The Morgan fingerprint density at radius 3 is 2.88 bits per heavy atom.